The Bertz CT molecular complexity index is 1710. The average Bonchev–Trinajstić information content (AvgIpc) is 3.50. The minimum Gasteiger partial charge on any atom is -0.390 e. The molecule has 4 heterocycles. The van der Waals surface area contributed by atoms with E-state index in [1.165, 1.54) is 30.9 Å². The molecule has 15 heteroatoms. The van der Waals surface area contributed by atoms with Crippen molar-refractivity contribution in [2.45, 2.75) is 75.8 Å². The lowest BCUT2D eigenvalue weighted by Gasteiger charge is -2.36. The predicted molar refractivity (Wildman–Crippen MR) is 156 cm³/mol. The number of anilines is 3. The van der Waals surface area contributed by atoms with Gasteiger partial charge in [0, 0.05) is 35.9 Å². The van der Waals surface area contributed by atoms with Crippen LogP contribution in [-0.2, 0) is 10.0 Å². The molecule has 2 fully saturated rings. The van der Waals surface area contributed by atoms with E-state index in [-0.39, 0.29) is 23.2 Å². The van der Waals surface area contributed by atoms with Crippen LogP contribution in [0.2, 0.25) is 0 Å². The summed E-state index contributed by atoms with van der Waals surface area (Å²) < 4.78 is 53.2. The van der Waals surface area contributed by atoms with E-state index in [1.54, 1.807) is 18.3 Å². The van der Waals surface area contributed by atoms with E-state index in [9.17, 15) is 22.3 Å². The van der Waals surface area contributed by atoms with Gasteiger partial charge in [0.1, 0.15) is 5.82 Å². The highest BCUT2D eigenvalue weighted by molar-refractivity contribution is 7.90. The Morgan fingerprint density at radius 2 is 1.81 bits per heavy atom. The molecule has 228 valence electrons. The molecular formula is C28H33F2N9O3S. The monoisotopic (exact) mass is 613 g/mol. The molecule has 0 bridgehead atoms. The molecule has 2 saturated carbocycles. The summed E-state index contributed by atoms with van der Waals surface area (Å²) in [5, 5.41) is 24.7. The van der Waals surface area contributed by atoms with Crippen molar-refractivity contribution >= 4 is 27.5 Å². The average molecular weight is 614 g/mol. The first-order valence-electron chi connectivity index (χ1n) is 14.2. The molecule has 12 nitrogen and oxygen atoms in total. The van der Waals surface area contributed by atoms with Gasteiger partial charge in [-0.25, -0.2) is 18.1 Å². The minimum absolute atomic E-state index is 0.0632. The SMILES string of the molecule is CC(C)(O)C1CCC(Nc2nc(Nc3ccnc(-c4cnn(S(=O)(=O)C5CC5)c4)c3)ncc2-c2ccn(C(F)F)n2)CC1. The number of rotatable bonds is 10. The molecule has 6 rings (SSSR count). The van der Waals surface area contributed by atoms with Crippen molar-refractivity contribution in [2.24, 2.45) is 5.92 Å². The number of halogens is 2. The van der Waals surface area contributed by atoms with E-state index in [4.69, 9.17) is 0 Å². The quantitative estimate of drug-likeness (QED) is 0.227. The van der Waals surface area contributed by atoms with Gasteiger partial charge in [0.05, 0.1) is 40.2 Å². The Hall–Kier alpha value is -3.98. The molecule has 2 aliphatic carbocycles. The highest BCUT2D eigenvalue weighted by Gasteiger charge is 2.37. The first kappa shape index (κ1) is 29.1. The zero-order valence-corrected chi connectivity index (χ0v) is 24.5. The van der Waals surface area contributed by atoms with E-state index < -0.39 is 22.2 Å². The first-order valence-corrected chi connectivity index (χ1v) is 15.7. The van der Waals surface area contributed by atoms with Crippen molar-refractivity contribution in [3.05, 3.63) is 49.2 Å². The number of nitrogens with zero attached hydrogens (tertiary/aromatic N) is 7. The van der Waals surface area contributed by atoms with Gasteiger partial charge in [0.25, 0.3) is 10.0 Å². The molecule has 3 N–H and O–H groups in total. The van der Waals surface area contributed by atoms with Gasteiger partial charge in [-0.15, -0.1) is 0 Å². The number of pyridine rings is 1. The third kappa shape index (κ3) is 6.37. The number of hydrogen-bond acceptors (Lipinski definition) is 10. The van der Waals surface area contributed by atoms with Crippen LogP contribution in [-0.4, -0.2) is 64.3 Å². The first-order chi connectivity index (χ1) is 20.5. The lowest BCUT2D eigenvalue weighted by molar-refractivity contribution is -0.000406. The maximum atomic E-state index is 13.2. The Labute approximate surface area is 247 Å². The van der Waals surface area contributed by atoms with Crippen molar-refractivity contribution in [3.8, 4) is 22.5 Å². The minimum atomic E-state index is -3.50. The zero-order chi connectivity index (χ0) is 30.4. The lowest BCUT2D eigenvalue weighted by Crippen LogP contribution is -2.37. The lowest BCUT2D eigenvalue weighted by atomic mass is 9.77. The van der Waals surface area contributed by atoms with Crippen LogP contribution in [0.25, 0.3) is 22.5 Å². The van der Waals surface area contributed by atoms with Gasteiger partial charge in [0.2, 0.25) is 5.95 Å². The topological polar surface area (TPSA) is 153 Å². The van der Waals surface area contributed by atoms with Crippen molar-refractivity contribution in [1.82, 2.24) is 33.9 Å². The highest BCUT2D eigenvalue weighted by atomic mass is 32.2. The molecule has 4 aromatic rings. The van der Waals surface area contributed by atoms with Gasteiger partial charge in [-0.05, 0) is 76.5 Å². The van der Waals surface area contributed by atoms with Gasteiger partial charge in [-0.2, -0.15) is 28.0 Å². The van der Waals surface area contributed by atoms with Crippen LogP contribution in [0, 0.1) is 5.92 Å². The van der Waals surface area contributed by atoms with Crippen molar-refractivity contribution in [1.29, 1.82) is 0 Å². The smallest absolute Gasteiger partial charge is 0.333 e. The maximum absolute atomic E-state index is 13.2. The molecule has 0 radical (unpaired) electrons. The number of hydrogen-bond donors (Lipinski definition) is 3. The van der Waals surface area contributed by atoms with E-state index in [0.717, 1.165) is 29.8 Å². The summed E-state index contributed by atoms with van der Waals surface area (Å²) in [7, 11) is -3.50. The van der Waals surface area contributed by atoms with Crippen LogP contribution in [0.15, 0.2) is 49.2 Å². The van der Waals surface area contributed by atoms with Crippen molar-refractivity contribution in [3.63, 3.8) is 0 Å². The highest BCUT2D eigenvalue weighted by Crippen LogP contribution is 2.36. The largest absolute Gasteiger partial charge is 0.390 e. The fraction of sp³-hybridized carbons (Fsp3) is 0.464. The fourth-order valence-electron chi connectivity index (χ4n) is 5.36. The summed E-state index contributed by atoms with van der Waals surface area (Å²) in [4.78, 5) is 13.5. The molecule has 0 aliphatic heterocycles. The second-order valence-corrected chi connectivity index (χ2v) is 13.7. The van der Waals surface area contributed by atoms with E-state index in [0.29, 0.717) is 51.5 Å². The number of alkyl halides is 2. The molecule has 0 atom stereocenters. The van der Waals surface area contributed by atoms with Gasteiger partial charge in [-0.3, -0.25) is 4.98 Å². The van der Waals surface area contributed by atoms with Gasteiger partial charge in [0.15, 0.2) is 0 Å². The molecule has 0 aromatic carbocycles. The van der Waals surface area contributed by atoms with Crippen LogP contribution in [0.1, 0.15) is 58.9 Å². The summed E-state index contributed by atoms with van der Waals surface area (Å²) in [5.74, 6) is 0.898. The summed E-state index contributed by atoms with van der Waals surface area (Å²) in [6, 6.07) is 5.01. The third-order valence-corrected chi connectivity index (χ3v) is 10.1. The Morgan fingerprint density at radius 3 is 2.49 bits per heavy atom. The summed E-state index contributed by atoms with van der Waals surface area (Å²) in [6.07, 6.45) is 11.8. The number of nitrogens with one attached hydrogen (secondary N) is 2. The zero-order valence-electron chi connectivity index (χ0n) is 23.7. The maximum Gasteiger partial charge on any atom is 0.333 e. The summed E-state index contributed by atoms with van der Waals surface area (Å²) in [5.41, 5.74) is 1.70. The summed E-state index contributed by atoms with van der Waals surface area (Å²) >= 11 is 0. The second kappa shape index (κ2) is 11.3. The van der Waals surface area contributed by atoms with E-state index in [2.05, 4.69) is 35.8 Å². The molecule has 43 heavy (non-hydrogen) atoms. The van der Waals surface area contributed by atoms with Crippen LogP contribution in [0.5, 0.6) is 0 Å². The van der Waals surface area contributed by atoms with Crippen LogP contribution in [0.3, 0.4) is 0 Å². The predicted octanol–water partition coefficient (Wildman–Crippen LogP) is 4.82. The number of aliphatic hydroxyl groups is 1. The second-order valence-electron chi connectivity index (χ2n) is 11.7. The van der Waals surface area contributed by atoms with E-state index in [1.807, 2.05) is 13.8 Å². The summed E-state index contributed by atoms with van der Waals surface area (Å²) in [6.45, 7) is 0.890. The van der Waals surface area contributed by atoms with Gasteiger partial charge < -0.3 is 15.7 Å². The Kier molecular flexibility index (Phi) is 7.62. The Morgan fingerprint density at radius 1 is 1.05 bits per heavy atom. The van der Waals surface area contributed by atoms with Crippen LogP contribution in [0.4, 0.5) is 26.2 Å². The van der Waals surface area contributed by atoms with Crippen molar-refractivity contribution in [2.75, 3.05) is 10.6 Å². The molecule has 0 amide bonds. The van der Waals surface area contributed by atoms with Gasteiger partial charge >= 0.3 is 6.55 Å². The van der Waals surface area contributed by atoms with Crippen LogP contribution < -0.4 is 10.6 Å². The molecular weight excluding hydrogens is 580 g/mol. The number of aromatic nitrogens is 7. The standard InChI is InChI=1S/C28H33F2N9O3S/c1-28(2,40)18-3-5-19(6-4-18)34-25-22(23-10-12-38(37-23)26(29)30)15-32-27(36-25)35-20-9-11-31-24(13-20)17-14-33-39(16-17)43(41,42)21-7-8-21/h9-16,18-19,21,26,40H,3-8H2,1-2H3,(H2,31,32,34,35,36). The molecule has 2 aliphatic rings. The Balaban J connectivity index is 1.24. The van der Waals surface area contributed by atoms with E-state index >= 15 is 0 Å². The molecule has 4 aromatic heterocycles. The molecule has 0 saturated heterocycles. The van der Waals surface area contributed by atoms with Crippen LogP contribution >= 0.6 is 0 Å². The fourth-order valence-corrected chi connectivity index (χ4v) is 6.83. The third-order valence-electron chi connectivity index (χ3n) is 8.02. The molecule has 0 unspecified atom stereocenters. The van der Waals surface area contributed by atoms with Gasteiger partial charge in [-0.1, -0.05) is 0 Å². The normalized spacial score (nSPS) is 19.5. The molecule has 0 spiro atoms. The van der Waals surface area contributed by atoms with Crippen molar-refractivity contribution < 1.29 is 22.3 Å².